The molecule has 124 valence electrons. The molecule has 5 N–H and O–H groups in total. The fourth-order valence-electron chi connectivity index (χ4n) is 2.01. The number of anilines is 3. The average Bonchev–Trinajstić information content (AvgIpc) is 2.56. The molecule has 0 aliphatic rings. The van der Waals surface area contributed by atoms with Crippen LogP contribution in [0.15, 0.2) is 48.5 Å². The van der Waals surface area contributed by atoms with E-state index in [0.29, 0.717) is 22.6 Å². The molecule has 2 aromatic carbocycles. The van der Waals surface area contributed by atoms with Gasteiger partial charge in [-0.05, 0) is 36.4 Å². The van der Waals surface area contributed by atoms with Crippen LogP contribution in [0.1, 0.15) is 17.3 Å². The topological polar surface area (TPSA) is 113 Å². The zero-order valence-corrected chi connectivity index (χ0v) is 13.1. The fourth-order valence-corrected chi connectivity index (χ4v) is 2.01. The maximum absolute atomic E-state index is 12.3. The van der Waals surface area contributed by atoms with Crippen molar-refractivity contribution in [2.45, 2.75) is 6.92 Å². The summed E-state index contributed by atoms with van der Waals surface area (Å²) in [6, 6.07) is 13.3. The number of benzene rings is 2. The molecule has 0 spiro atoms. The van der Waals surface area contributed by atoms with Gasteiger partial charge in [-0.1, -0.05) is 12.1 Å². The summed E-state index contributed by atoms with van der Waals surface area (Å²) in [5.41, 5.74) is 7.24. The molecule has 0 radical (unpaired) electrons. The summed E-state index contributed by atoms with van der Waals surface area (Å²) in [5, 5.41) is 7.98. The quantitative estimate of drug-likeness (QED) is 0.671. The van der Waals surface area contributed by atoms with Crippen molar-refractivity contribution in [1.82, 2.24) is 0 Å². The molecule has 24 heavy (non-hydrogen) atoms. The number of amides is 3. The molecule has 0 aromatic heterocycles. The van der Waals surface area contributed by atoms with Gasteiger partial charge in [-0.2, -0.15) is 0 Å². The maximum atomic E-state index is 12.3. The Morgan fingerprint density at radius 1 is 0.875 bits per heavy atom. The smallest absolute Gasteiger partial charge is 0.255 e. The number of nitrogens with one attached hydrogen (secondary N) is 3. The van der Waals surface area contributed by atoms with Gasteiger partial charge in [0, 0.05) is 18.2 Å². The van der Waals surface area contributed by atoms with Gasteiger partial charge >= 0.3 is 0 Å². The van der Waals surface area contributed by atoms with Crippen molar-refractivity contribution in [3.05, 3.63) is 54.1 Å². The fraction of sp³-hybridized carbons (Fsp3) is 0.118. The summed E-state index contributed by atoms with van der Waals surface area (Å²) in [6.45, 7) is 1.26. The molecule has 2 aromatic rings. The normalized spacial score (nSPS) is 9.92. The summed E-state index contributed by atoms with van der Waals surface area (Å²) < 4.78 is 0. The van der Waals surface area contributed by atoms with Crippen LogP contribution in [-0.2, 0) is 9.59 Å². The molecule has 0 aliphatic carbocycles. The zero-order valence-electron chi connectivity index (χ0n) is 13.1. The standard InChI is InChI=1S/C17H18N4O3/c1-11(22)19-13-8-6-12(7-9-13)17(24)21-15-5-3-2-4-14(15)20-16(23)10-18/h2-9H,10,18H2,1H3,(H,19,22)(H,20,23)(H,21,24). The molecule has 0 heterocycles. The number of carbonyl (C=O) groups excluding carboxylic acids is 3. The highest BCUT2D eigenvalue weighted by molar-refractivity contribution is 6.07. The van der Waals surface area contributed by atoms with Gasteiger partial charge in [0.2, 0.25) is 11.8 Å². The Hall–Kier alpha value is -3.19. The van der Waals surface area contributed by atoms with Crippen LogP contribution in [0.5, 0.6) is 0 Å². The summed E-state index contributed by atoms with van der Waals surface area (Å²) in [7, 11) is 0. The van der Waals surface area contributed by atoms with Crippen molar-refractivity contribution >= 4 is 34.8 Å². The molecule has 2 rings (SSSR count). The minimum atomic E-state index is -0.351. The summed E-state index contributed by atoms with van der Waals surface area (Å²) >= 11 is 0. The molecule has 7 nitrogen and oxygen atoms in total. The lowest BCUT2D eigenvalue weighted by molar-refractivity contribution is -0.115. The maximum Gasteiger partial charge on any atom is 0.255 e. The van der Waals surface area contributed by atoms with Crippen molar-refractivity contribution in [2.75, 3.05) is 22.5 Å². The van der Waals surface area contributed by atoms with Crippen LogP contribution in [0.2, 0.25) is 0 Å². The van der Waals surface area contributed by atoms with E-state index in [-0.39, 0.29) is 24.3 Å². The van der Waals surface area contributed by atoms with Crippen LogP contribution in [0, 0.1) is 0 Å². The highest BCUT2D eigenvalue weighted by Crippen LogP contribution is 2.22. The van der Waals surface area contributed by atoms with E-state index in [4.69, 9.17) is 5.73 Å². The second-order valence-corrected chi connectivity index (χ2v) is 5.01. The van der Waals surface area contributed by atoms with Gasteiger partial charge in [-0.25, -0.2) is 0 Å². The van der Waals surface area contributed by atoms with Crippen molar-refractivity contribution in [3.8, 4) is 0 Å². The Bertz CT molecular complexity index is 757. The van der Waals surface area contributed by atoms with E-state index in [1.165, 1.54) is 6.92 Å². The highest BCUT2D eigenvalue weighted by Gasteiger charge is 2.10. The van der Waals surface area contributed by atoms with Crippen LogP contribution < -0.4 is 21.7 Å². The van der Waals surface area contributed by atoms with Crippen molar-refractivity contribution < 1.29 is 14.4 Å². The van der Waals surface area contributed by atoms with Gasteiger partial charge < -0.3 is 21.7 Å². The van der Waals surface area contributed by atoms with E-state index >= 15 is 0 Å². The zero-order chi connectivity index (χ0) is 17.5. The monoisotopic (exact) mass is 326 g/mol. The van der Waals surface area contributed by atoms with Crippen LogP contribution in [0.25, 0.3) is 0 Å². The van der Waals surface area contributed by atoms with Crippen LogP contribution in [-0.4, -0.2) is 24.3 Å². The molecule has 0 bridgehead atoms. The molecule has 7 heteroatoms. The largest absolute Gasteiger partial charge is 0.326 e. The molecule has 3 amide bonds. The van der Waals surface area contributed by atoms with Gasteiger partial charge in [0.1, 0.15) is 0 Å². The Labute approximate surface area is 139 Å². The predicted molar refractivity (Wildman–Crippen MR) is 92.8 cm³/mol. The minimum absolute atomic E-state index is 0.146. The Balaban J connectivity index is 2.12. The Morgan fingerprint density at radius 3 is 2.00 bits per heavy atom. The first-order chi connectivity index (χ1) is 11.5. The van der Waals surface area contributed by atoms with Gasteiger partial charge in [0.25, 0.3) is 5.91 Å². The molecular weight excluding hydrogens is 308 g/mol. The first kappa shape index (κ1) is 17.2. The lowest BCUT2D eigenvalue weighted by atomic mass is 10.1. The van der Waals surface area contributed by atoms with Gasteiger partial charge in [0.05, 0.1) is 17.9 Å². The van der Waals surface area contributed by atoms with E-state index in [9.17, 15) is 14.4 Å². The van der Waals surface area contributed by atoms with Gasteiger partial charge in [0.15, 0.2) is 0 Å². The van der Waals surface area contributed by atoms with Gasteiger partial charge in [-0.3, -0.25) is 14.4 Å². The summed E-state index contributed by atoms with van der Waals surface area (Å²) in [4.78, 5) is 34.7. The first-order valence-corrected chi connectivity index (χ1v) is 7.27. The van der Waals surface area contributed by atoms with E-state index in [2.05, 4.69) is 16.0 Å². The molecular formula is C17H18N4O3. The number of nitrogens with two attached hydrogens (primary N) is 1. The van der Waals surface area contributed by atoms with E-state index < -0.39 is 0 Å². The van der Waals surface area contributed by atoms with Crippen LogP contribution in [0.4, 0.5) is 17.1 Å². The second-order valence-electron chi connectivity index (χ2n) is 5.01. The predicted octanol–water partition coefficient (Wildman–Crippen LogP) is 1.79. The molecule has 0 saturated heterocycles. The minimum Gasteiger partial charge on any atom is -0.326 e. The van der Waals surface area contributed by atoms with E-state index in [1.54, 1.807) is 48.5 Å². The number of para-hydroxylation sites is 2. The first-order valence-electron chi connectivity index (χ1n) is 7.27. The number of rotatable bonds is 5. The van der Waals surface area contributed by atoms with Crippen molar-refractivity contribution in [1.29, 1.82) is 0 Å². The third-order valence-corrected chi connectivity index (χ3v) is 3.10. The van der Waals surface area contributed by atoms with Crippen LogP contribution in [0.3, 0.4) is 0 Å². The SMILES string of the molecule is CC(=O)Nc1ccc(C(=O)Nc2ccccc2NC(=O)CN)cc1. The van der Waals surface area contributed by atoms with Crippen molar-refractivity contribution in [3.63, 3.8) is 0 Å². The summed E-state index contributed by atoms with van der Waals surface area (Å²) in [6.07, 6.45) is 0. The summed E-state index contributed by atoms with van der Waals surface area (Å²) in [5.74, 6) is -0.869. The molecule has 0 atom stereocenters. The number of carbonyl (C=O) groups is 3. The third kappa shape index (κ3) is 4.65. The molecule has 0 fully saturated rings. The lowest BCUT2D eigenvalue weighted by Gasteiger charge is -2.12. The molecule has 0 saturated carbocycles. The number of hydrogen-bond acceptors (Lipinski definition) is 4. The number of hydrogen-bond donors (Lipinski definition) is 4. The highest BCUT2D eigenvalue weighted by atomic mass is 16.2. The van der Waals surface area contributed by atoms with Gasteiger partial charge in [-0.15, -0.1) is 0 Å². The third-order valence-electron chi connectivity index (χ3n) is 3.10. The lowest BCUT2D eigenvalue weighted by Crippen LogP contribution is -2.23. The second kappa shape index (κ2) is 7.89. The Kier molecular flexibility index (Phi) is 5.64. The van der Waals surface area contributed by atoms with Crippen molar-refractivity contribution in [2.24, 2.45) is 5.73 Å². The average molecular weight is 326 g/mol. The Morgan fingerprint density at radius 2 is 1.46 bits per heavy atom. The van der Waals surface area contributed by atoms with Crippen LogP contribution >= 0.6 is 0 Å². The molecule has 0 unspecified atom stereocenters. The van der Waals surface area contributed by atoms with E-state index in [1.807, 2.05) is 0 Å². The van der Waals surface area contributed by atoms with E-state index in [0.717, 1.165) is 0 Å². The molecule has 0 aliphatic heterocycles.